The largest absolute Gasteiger partial charge is 0.383 e. The molecule has 3 N–H and O–H groups in total. The number of nitrogens with zero attached hydrogens (tertiary/aromatic N) is 1. The summed E-state index contributed by atoms with van der Waals surface area (Å²) in [5.74, 6) is 2.79. The van der Waals surface area contributed by atoms with Crippen LogP contribution in [-0.4, -0.2) is 9.97 Å². The molecular formula is C14H23N3O. The molecule has 0 bridgehead atoms. The lowest BCUT2D eigenvalue weighted by atomic mass is 9.72. The van der Waals surface area contributed by atoms with E-state index in [1.807, 2.05) is 0 Å². The minimum absolute atomic E-state index is 0.133. The van der Waals surface area contributed by atoms with Crippen LogP contribution < -0.4 is 11.3 Å². The zero-order chi connectivity index (χ0) is 13.1. The van der Waals surface area contributed by atoms with Gasteiger partial charge in [0.05, 0.1) is 0 Å². The van der Waals surface area contributed by atoms with Crippen LogP contribution in [0.25, 0.3) is 0 Å². The molecule has 1 aliphatic carbocycles. The first kappa shape index (κ1) is 13.1. The number of aromatic amines is 1. The molecule has 1 aromatic heterocycles. The maximum absolute atomic E-state index is 11.5. The molecule has 0 aliphatic heterocycles. The summed E-state index contributed by atoms with van der Waals surface area (Å²) in [7, 11) is 0. The summed E-state index contributed by atoms with van der Waals surface area (Å²) in [6, 6.07) is 1.35. The third-order valence-corrected chi connectivity index (χ3v) is 4.33. The number of aromatic nitrogens is 2. The molecule has 100 valence electrons. The predicted octanol–water partition coefficient (Wildman–Crippen LogP) is 2.67. The first-order valence-corrected chi connectivity index (χ1v) is 6.98. The molecule has 18 heavy (non-hydrogen) atoms. The van der Waals surface area contributed by atoms with Crippen LogP contribution in [0, 0.1) is 11.8 Å². The third-order valence-electron chi connectivity index (χ3n) is 4.33. The van der Waals surface area contributed by atoms with E-state index in [0.717, 1.165) is 12.2 Å². The van der Waals surface area contributed by atoms with Crippen molar-refractivity contribution in [3.63, 3.8) is 0 Å². The second-order valence-corrected chi connectivity index (χ2v) is 5.50. The van der Waals surface area contributed by atoms with Gasteiger partial charge in [-0.25, -0.2) is 4.98 Å². The molecule has 4 heteroatoms. The highest BCUT2D eigenvalue weighted by atomic mass is 16.1. The highest BCUT2D eigenvalue weighted by Gasteiger charge is 2.31. The fourth-order valence-electron chi connectivity index (χ4n) is 3.15. The first-order valence-electron chi connectivity index (χ1n) is 6.98. The number of hydrogen-bond donors (Lipinski definition) is 2. The van der Waals surface area contributed by atoms with Gasteiger partial charge < -0.3 is 10.7 Å². The average molecular weight is 249 g/mol. The van der Waals surface area contributed by atoms with E-state index in [-0.39, 0.29) is 5.56 Å². The Hall–Kier alpha value is -1.32. The maximum Gasteiger partial charge on any atom is 0.252 e. The fraction of sp³-hybridized carbons (Fsp3) is 0.714. The fourth-order valence-corrected chi connectivity index (χ4v) is 3.15. The molecule has 0 radical (unpaired) electrons. The van der Waals surface area contributed by atoms with E-state index in [1.54, 1.807) is 0 Å². The average Bonchev–Trinajstić information content (AvgIpc) is 2.36. The Morgan fingerprint density at radius 3 is 2.89 bits per heavy atom. The smallest absolute Gasteiger partial charge is 0.252 e. The monoisotopic (exact) mass is 249 g/mol. The molecule has 0 spiro atoms. The summed E-state index contributed by atoms with van der Waals surface area (Å²) in [4.78, 5) is 18.8. The molecule has 3 atom stereocenters. The highest BCUT2D eigenvalue weighted by molar-refractivity contribution is 5.26. The molecule has 2 rings (SSSR count). The number of nitrogens with one attached hydrogen (secondary N) is 1. The zero-order valence-electron chi connectivity index (χ0n) is 11.3. The predicted molar refractivity (Wildman–Crippen MR) is 73.4 cm³/mol. The maximum atomic E-state index is 11.5. The van der Waals surface area contributed by atoms with Crippen molar-refractivity contribution in [2.24, 2.45) is 11.8 Å². The SMILES string of the molecule is CC[C@H](C)[C@@H]1CCCCC1c1nc(N)cc(=O)[nH]1. The molecule has 0 saturated heterocycles. The molecule has 1 unspecified atom stereocenters. The second kappa shape index (κ2) is 5.55. The second-order valence-electron chi connectivity index (χ2n) is 5.50. The summed E-state index contributed by atoms with van der Waals surface area (Å²) in [5, 5.41) is 0. The molecule has 1 aromatic rings. The lowest BCUT2D eigenvalue weighted by molar-refractivity contribution is 0.214. The molecule has 1 saturated carbocycles. The Morgan fingerprint density at radius 2 is 2.22 bits per heavy atom. The van der Waals surface area contributed by atoms with Gasteiger partial charge in [-0.3, -0.25) is 4.79 Å². The number of hydrogen-bond acceptors (Lipinski definition) is 3. The summed E-state index contributed by atoms with van der Waals surface area (Å²) in [5.41, 5.74) is 5.56. The molecule has 1 aliphatic rings. The molecule has 0 amide bonds. The van der Waals surface area contributed by atoms with Crippen molar-refractivity contribution in [2.45, 2.75) is 51.9 Å². The Kier molecular flexibility index (Phi) is 4.04. The minimum Gasteiger partial charge on any atom is -0.383 e. The van der Waals surface area contributed by atoms with E-state index >= 15 is 0 Å². The van der Waals surface area contributed by atoms with Crippen molar-refractivity contribution in [3.8, 4) is 0 Å². The number of H-pyrrole nitrogens is 1. The van der Waals surface area contributed by atoms with Gasteiger partial charge in [-0.2, -0.15) is 0 Å². The molecule has 0 aromatic carbocycles. The Balaban J connectivity index is 2.30. The molecule has 1 fully saturated rings. The number of nitrogens with two attached hydrogens (primary N) is 1. The lowest BCUT2D eigenvalue weighted by Gasteiger charge is -2.34. The van der Waals surface area contributed by atoms with Gasteiger partial charge >= 0.3 is 0 Å². The van der Waals surface area contributed by atoms with Gasteiger partial charge in [0.15, 0.2) is 0 Å². The summed E-state index contributed by atoms with van der Waals surface area (Å²) in [6.45, 7) is 4.53. The van der Waals surface area contributed by atoms with Gasteiger partial charge in [0.25, 0.3) is 5.56 Å². The van der Waals surface area contributed by atoms with Gasteiger partial charge in [0.2, 0.25) is 0 Å². The van der Waals surface area contributed by atoms with Crippen molar-refractivity contribution >= 4 is 5.82 Å². The number of nitrogen functional groups attached to an aromatic ring is 1. The Labute approximate surface area is 108 Å². The van der Waals surface area contributed by atoms with E-state index in [0.29, 0.717) is 23.6 Å². The topological polar surface area (TPSA) is 71.8 Å². The first-order chi connectivity index (χ1) is 8.61. The highest BCUT2D eigenvalue weighted by Crippen LogP contribution is 2.41. The van der Waals surface area contributed by atoms with Crippen molar-refractivity contribution in [2.75, 3.05) is 5.73 Å². The van der Waals surface area contributed by atoms with Crippen LogP contribution in [0.5, 0.6) is 0 Å². The standard InChI is InChI=1S/C14H23N3O/c1-3-9(2)10-6-4-5-7-11(10)14-16-12(15)8-13(18)17-14/h8-11H,3-7H2,1-2H3,(H3,15,16,17,18)/t9-,10-,11?/m0/s1. The van der Waals surface area contributed by atoms with Crippen LogP contribution in [0.1, 0.15) is 57.7 Å². The molecule has 4 nitrogen and oxygen atoms in total. The van der Waals surface area contributed by atoms with E-state index in [2.05, 4.69) is 23.8 Å². The number of anilines is 1. The van der Waals surface area contributed by atoms with Crippen LogP contribution in [-0.2, 0) is 0 Å². The van der Waals surface area contributed by atoms with E-state index in [1.165, 1.54) is 31.7 Å². The van der Waals surface area contributed by atoms with Crippen molar-refractivity contribution < 1.29 is 0 Å². The van der Waals surface area contributed by atoms with Crippen LogP contribution in [0.2, 0.25) is 0 Å². The third kappa shape index (κ3) is 2.74. The van der Waals surface area contributed by atoms with Crippen molar-refractivity contribution in [3.05, 3.63) is 22.2 Å². The Bertz CT molecular complexity index is 455. The van der Waals surface area contributed by atoms with Gasteiger partial charge in [0.1, 0.15) is 11.6 Å². The lowest BCUT2D eigenvalue weighted by Crippen LogP contribution is -2.27. The van der Waals surface area contributed by atoms with Crippen LogP contribution in [0.15, 0.2) is 10.9 Å². The van der Waals surface area contributed by atoms with E-state index < -0.39 is 0 Å². The minimum atomic E-state index is -0.133. The summed E-state index contributed by atoms with van der Waals surface area (Å²) in [6.07, 6.45) is 6.03. The summed E-state index contributed by atoms with van der Waals surface area (Å²) < 4.78 is 0. The van der Waals surface area contributed by atoms with Gasteiger partial charge in [-0.15, -0.1) is 0 Å². The zero-order valence-corrected chi connectivity index (χ0v) is 11.3. The van der Waals surface area contributed by atoms with Crippen LogP contribution in [0.4, 0.5) is 5.82 Å². The van der Waals surface area contributed by atoms with Crippen molar-refractivity contribution in [1.82, 2.24) is 9.97 Å². The van der Waals surface area contributed by atoms with Crippen LogP contribution in [0.3, 0.4) is 0 Å². The Morgan fingerprint density at radius 1 is 1.50 bits per heavy atom. The van der Waals surface area contributed by atoms with Gasteiger partial charge in [0, 0.05) is 12.0 Å². The van der Waals surface area contributed by atoms with Crippen molar-refractivity contribution in [1.29, 1.82) is 0 Å². The van der Waals surface area contributed by atoms with Crippen LogP contribution >= 0.6 is 0 Å². The normalized spacial score (nSPS) is 25.9. The quantitative estimate of drug-likeness (QED) is 0.865. The van der Waals surface area contributed by atoms with Gasteiger partial charge in [-0.1, -0.05) is 33.1 Å². The number of rotatable bonds is 3. The summed E-state index contributed by atoms with van der Waals surface area (Å²) >= 11 is 0. The molecular weight excluding hydrogens is 226 g/mol. The van der Waals surface area contributed by atoms with E-state index in [9.17, 15) is 4.79 Å². The molecule has 1 heterocycles. The van der Waals surface area contributed by atoms with Gasteiger partial charge in [-0.05, 0) is 24.7 Å². The van der Waals surface area contributed by atoms with E-state index in [4.69, 9.17) is 5.73 Å².